The smallest absolute Gasteiger partial charge is 0.287 e. The molecule has 0 atom stereocenters. The van der Waals surface area contributed by atoms with Crippen molar-refractivity contribution in [3.63, 3.8) is 0 Å². The maximum Gasteiger partial charge on any atom is 0.482 e. The lowest BCUT2D eigenvalue weighted by atomic mass is 10.9. The van der Waals surface area contributed by atoms with Crippen LogP contribution in [0.15, 0.2) is 0 Å². The topological polar surface area (TPSA) is 61.8 Å². The van der Waals surface area contributed by atoms with E-state index in [0.29, 0.717) is 0 Å². The van der Waals surface area contributed by atoms with E-state index >= 15 is 0 Å². The van der Waals surface area contributed by atoms with Crippen LogP contribution >= 0.6 is 36.4 Å². The Morgan fingerprint density at radius 2 is 1.46 bits per heavy atom. The maximum atomic E-state index is 11.4. The highest BCUT2D eigenvalue weighted by molar-refractivity contribution is 8.07. The molecule has 80 valence electrons. The van der Waals surface area contributed by atoms with Gasteiger partial charge in [0.2, 0.25) is 0 Å². The van der Waals surface area contributed by atoms with E-state index in [9.17, 15) is 9.13 Å². The van der Waals surface area contributed by atoms with Crippen LogP contribution in [0.4, 0.5) is 0 Å². The minimum absolute atomic E-state index is 0.0745. The second-order valence-corrected chi connectivity index (χ2v) is 7.86. The zero-order valence-electron chi connectivity index (χ0n) is 7.11. The van der Waals surface area contributed by atoms with Crippen molar-refractivity contribution >= 4 is 36.4 Å². The molecule has 0 unspecified atom stereocenters. The Morgan fingerprint density at radius 3 is 1.69 bits per heavy atom. The molecule has 0 heterocycles. The molecule has 0 saturated heterocycles. The first-order valence-electron chi connectivity index (χ1n) is 3.43. The van der Waals surface area contributed by atoms with Gasteiger partial charge >= 0.3 is 13.9 Å². The van der Waals surface area contributed by atoms with Crippen LogP contribution in [0.1, 0.15) is 13.8 Å². The molecule has 0 aliphatic carbocycles. The van der Waals surface area contributed by atoms with Crippen LogP contribution in [-0.2, 0) is 22.5 Å². The number of phosphoric acid groups is 1. The fourth-order valence-electron chi connectivity index (χ4n) is 0.517. The minimum atomic E-state index is -3.92. The second-order valence-electron chi connectivity index (χ2n) is 1.78. The van der Waals surface area contributed by atoms with Crippen molar-refractivity contribution in [3.05, 3.63) is 0 Å². The molecule has 0 aromatic rings. The normalized spacial score (nSPS) is 13.2. The third-order valence-corrected chi connectivity index (χ3v) is 4.59. The third-order valence-electron chi connectivity index (χ3n) is 0.769. The summed E-state index contributed by atoms with van der Waals surface area (Å²) in [6.07, 6.45) is -3.92. The highest BCUT2D eigenvalue weighted by atomic mass is 35.9. The summed E-state index contributed by atoms with van der Waals surface area (Å²) in [4.78, 5) is 0. The van der Waals surface area contributed by atoms with Crippen LogP contribution in [0, 0.1) is 0 Å². The summed E-state index contributed by atoms with van der Waals surface area (Å²) in [5.74, 6) is 0. The molecule has 13 heavy (non-hydrogen) atoms. The second kappa shape index (κ2) is 5.72. The quantitative estimate of drug-likeness (QED) is 0.688. The Balaban J connectivity index is 4.42. The molecule has 0 aliphatic heterocycles. The summed E-state index contributed by atoms with van der Waals surface area (Å²) < 4.78 is 35.7. The van der Waals surface area contributed by atoms with Gasteiger partial charge in [-0.15, -0.1) is 0 Å². The van der Waals surface area contributed by atoms with Crippen molar-refractivity contribution in [1.29, 1.82) is 0 Å². The Hall–Kier alpha value is 0.920. The molecule has 0 spiro atoms. The van der Waals surface area contributed by atoms with Gasteiger partial charge in [0.25, 0.3) is 0 Å². The van der Waals surface area contributed by atoms with Gasteiger partial charge in [-0.3, -0.25) is 13.6 Å². The lowest BCUT2D eigenvalue weighted by Gasteiger charge is -2.15. The molecule has 5 nitrogen and oxygen atoms in total. The van der Waals surface area contributed by atoms with Crippen molar-refractivity contribution in [3.8, 4) is 0 Å². The summed E-state index contributed by atoms with van der Waals surface area (Å²) in [5, 5.41) is 0. The van der Waals surface area contributed by atoms with E-state index in [4.69, 9.17) is 22.5 Å². The van der Waals surface area contributed by atoms with E-state index in [-0.39, 0.29) is 13.2 Å². The van der Waals surface area contributed by atoms with Gasteiger partial charge in [0, 0.05) is 0 Å². The molecule has 0 saturated carbocycles. The first kappa shape index (κ1) is 13.9. The van der Waals surface area contributed by atoms with Crippen LogP contribution in [0.2, 0.25) is 0 Å². The van der Waals surface area contributed by atoms with E-state index in [0.717, 1.165) is 0 Å². The number of hydrogen-bond acceptors (Lipinski definition) is 5. The van der Waals surface area contributed by atoms with Gasteiger partial charge in [-0.05, 0) is 36.3 Å². The molecule has 0 rings (SSSR count). The molecule has 0 amide bonds. The average molecular weight is 271 g/mol. The van der Waals surface area contributed by atoms with E-state index < -0.39 is 13.9 Å². The summed E-state index contributed by atoms with van der Waals surface area (Å²) >= 11 is 10.1. The molecule has 0 fully saturated rings. The standard InChI is InChI=1S/C4H10Cl2O5P2/c1-3-9-13(8,10-4-2)11-12(5,6)7/h3-4H2,1-2H3. The molecule has 0 aromatic carbocycles. The molecule has 0 bridgehead atoms. The molecule has 0 aliphatic rings. The van der Waals surface area contributed by atoms with Crippen LogP contribution < -0.4 is 0 Å². The van der Waals surface area contributed by atoms with E-state index in [1.807, 2.05) is 0 Å². The number of rotatable bonds is 6. The Kier molecular flexibility index (Phi) is 6.12. The highest BCUT2D eigenvalue weighted by Gasteiger charge is 2.34. The number of phosphoric ester groups is 1. The number of hydrogen-bond donors (Lipinski definition) is 0. The largest absolute Gasteiger partial charge is 0.482 e. The van der Waals surface area contributed by atoms with Crippen LogP contribution in [0.5, 0.6) is 0 Å². The minimum Gasteiger partial charge on any atom is -0.287 e. The van der Waals surface area contributed by atoms with Crippen molar-refractivity contribution < 1.29 is 22.5 Å². The van der Waals surface area contributed by atoms with Gasteiger partial charge in [0.15, 0.2) is 0 Å². The van der Waals surface area contributed by atoms with E-state index in [1.54, 1.807) is 13.8 Å². The molecular weight excluding hydrogens is 261 g/mol. The summed E-state index contributed by atoms with van der Waals surface area (Å²) in [7, 11) is -3.87. The van der Waals surface area contributed by atoms with Crippen LogP contribution in [0.25, 0.3) is 0 Å². The van der Waals surface area contributed by atoms with Crippen molar-refractivity contribution in [2.24, 2.45) is 0 Å². The monoisotopic (exact) mass is 270 g/mol. The predicted octanol–water partition coefficient (Wildman–Crippen LogP) is 3.77. The lowest BCUT2D eigenvalue weighted by molar-refractivity contribution is 0.171. The summed E-state index contributed by atoms with van der Waals surface area (Å²) in [5.41, 5.74) is 0. The fourth-order valence-corrected chi connectivity index (χ4v) is 3.89. The van der Waals surface area contributed by atoms with Gasteiger partial charge in [-0.25, -0.2) is 8.88 Å². The molecule has 9 heteroatoms. The van der Waals surface area contributed by atoms with Crippen molar-refractivity contribution in [2.75, 3.05) is 13.2 Å². The Bertz CT molecular complexity index is 229. The third kappa shape index (κ3) is 6.92. The zero-order chi connectivity index (χ0) is 10.5. The maximum absolute atomic E-state index is 11.4. The Labute approximate surface area is 86.3 Å². The number of halogens is 2. The molecule has 0 aromatic heterocycles. The average Bonchev–Trinajstić information content (AvgIpc) is 1.82. The van der Waals surface area contributed by atoms with E-state index in [1.165, 1.54) is 0 Å². The first-order chi connectivity index (χ1) is 5.83. The van der Waals surface area contributed by atoms with Gasteiger partial charge < -0.3 is 0 Å². The molecule has 0 radical (unpaired) electrons. The van der Waals surface area contributed by atoms with Crippen molar-refractivity contribution in [1.82, 2.24) is 0 Å². The van der Waals surface area contributed by atoms with Crippen molar-refractivity contribution in [2.45, 2.75) is 13.8 Å². The fraction of sp³-hybridized carbons (Fsp3) is 1.00. The summed E-state index contributed by atoms with van der Waals surface area (Å²) in [6.45, 7) is 3.29. The van der Waals surface area contributed by atoms with Gasteiger partial charge in [-0.1, -0.05) is 0 Å². The summed E-state index contributed by atoms with van der Waals surface area (Å²) in [6, 6.07) is 0. The molecular formula is C4H10Cl2O5P2. The van der Waals surface area contributed by atoms with E-state index in [2.05, 4.69) is 13.4 Å². The Morgan fingerprint density at radius 1 is 1.08 bits per heavy atom. The lowest BCUT2D eigenvalue weighted by Crippen LogP contribution is -1.96. The van der Waals surface area contributed by atoms with Gasteiger partial charge in [-0.2, -0.15) is 0 Å². The van der Waals surface area contributed by atoms with Gasteiger partial charge in [0.1, 0.15) is 0 Å². The molecule has 0 N–H and O–H groups in total. The van der Waals surface area contributed by atoms with Gasteiger partial charge in [0.05, 0.1) is 13.2 Å². The zero-order valence-corrected chi connectivity index (χ0v) is 10.4. The first-order valence-corrected chi connectivity index (χ1v) is 8.32. The highest BCUT2D eigenvalue weighted by Crippen LogP contribution is 2.70. The predicted molar refractivity (Wildman–Crippen MR) is 51.3 cm³/mol. The van der Waals surface area contributed by atoms with Crippen LogP contribution in [0.3, 0.4) is 0 Å². The SMILES string of the molecule is CCOP(=O)(OCC)OP(=O)(Cl)Cl. The van der Waals surface area contributed by atoms with Crippen LogP contribution in [-0.4, -0.2) is 13.2 Å².